The topological polar surface area (TPSA) is 83.7 Å². The molecule has 6 nitrogen and oxygen atoms in total. The number of rotatable bonds is 3. The number of amides is 4. The van der Waals surface area contributed by atoms with Crippen LogP contribution in [0.1, 0.15) is 0 Å². The monoisotopic (exact) mass is 283 g/mol. The fourth-order valence-corrected chi connectivity index (χ4v) is 1.52. The molecule has 1 aliphatic rings. The number of alkyl halides is 3. The van der Waals surface area contributed by atoms with Crippen molar-refractivity contribution in [1.29, 1.82) is 0 Å². The van der Waals surface area contributed by atoms with Gasteiger partial charge in [0.1, 0.15) is 5.92 Å². The Hall–Kier alpha value is -1.71. The molecule has 18 heavy (non-hydrogen) atoms. The summed E-state index contributed by atoms with van der Waals surface area (Å²) in [7, 11) is 0.992. The van der Waals surface area contributed by atoms with Gasteiger partial charge in [-0.15, -0.1) is 0 Å². The van der Waals surface area contributed by atoms with E-state index in [-0.39, 0.29) is 4.90 Å². The van der Waals surface area contributed by atoms with Gasteiger partial charge in [0, 0.05) is 13.6 Å². The zero-order valence-electron chi connectivity index (χ0n) is 9.02. The number of imide groups is 2. The van der Waals surface area contributed by atoms with E-state index in [0.717, 1.165) is 7.05 Å². The van der Waals surface area contributed by atoms with E-state index in [1.165, 1.54) is 0 Å². The molecule has 0 aromatic carbocycles. The number of hydrogen-bond acceptors (Lipinski definition) is 4. The van der Waals surface area contributed by atoms with Gasteiger partial charge in [0.15, 0.2) is 0 Å². The molecule has 0 saturated carbocycles. The van der Waals surface area contributed by atoms with Gasteiger partial charge in [0.05, 0.1) is 4.99 Å². The van der Waals surface area contributed by atoms with E-state index in [4.69, 9.17) is 5.73 Å². The average Bonchev–Trinajstić information content (AvgIpc) is 2.39. The fraction of sp³-hybridized carbons (Fsp3) is 0.500. The Morgan fingerprint density at radius 1 is 1.33 bits per heavy atom. The Balaban J connectivity index is 2.96. The number of nitrogens with two attached hydrogens (primary N) is 1. The van der Waals surface area contributed by atoms with Gasteiger partial charge in [-0.25, -0.2) is 4.79 Å². The van der Waals surface area contributed by atoms with Crippen molar-refractivity contribution in [2.45, 2.75) is 6.18 Å². The van der Waals surface area contributed by atoms with E-state index in [2.05, 4.69) is 12.2 Å². The molecule has 1 rings (SSSR count). The van der Waals surface area contributed by atoms with Crippen LogP contribution in [0.15, 0.2) is 0 Å². The van der Waals surface area contributed by atoms with Crippen molar-refractivity contribution in [1.82, 2.24) is 9.80 Å². The second kappa shape index (κ2) is 4.52. The maximum Gasteiger partial charge on any atom is 0.399 e. The number of carbonyl (C=O) groups is 3. The molecule has 0 spiro atoms. The first-order chi connectivity index (χ1) is 8.07. The molecular weight excluding hydrogens is 275 g/mol. The number of halogens is 3. The lowest BCUT2D eigenvalue weighted by atomic mass is 10.1. The minimum Gasteiger partial charge on any atom is -0.393 e. The average molecular weight is 283 g/mol. The van der Waals surface area contributed by atoms with Gasteiger partial charge < -0.3 is 5.73 Å². The molecular formula is C8H8F3N3O3S. The Kier molecular flexibility index (Phi) is 3.60. The van der Waals surface area contributed by atoms with Gasteiger partial charge in [0.25, 0.3) is 0 Å². The van der Waals surface area contributed by atoms with Crippen LogP contribution in [0.5, 0.6) is 0 Å². The standard InChI is InChI=1S/C8H8F3N3O3S/c1-13-5(15)6(16)14(7(13)17)2-3(4(12)18)8(9,10)11/h3H,2H2,1H3,(H2,12,18). The predicted molar refractivity (Wildman–Crippen MR) is 56.2 cm³/mol. The molecule has 1 heterocycles. The highest BCUT2D eigenvalue weighted by molar-refractivity contribution is 7.80. The van der Waals surface area contributed by atoms with Crippen LogP contribution in [-0.4, -0.2) is 52.4 Å². The van der Waals surface area contributed by atoms with E-state index in [9.17, 15) is 27.6 Å². The van der Waals surface area contributed by atoms with Crippen LogP contribution in [0.3, 0.4) is 0 Å². The van der Waals surface area contributed by atoms with Crippen molar-refractivity contribution in [3.8, 4) is 0 Å². The molecule has 2 N–H and O–H groups in total. The van der Waals surface area contributed by atoms with Gasteiger partial charge >= 0.3 is 24.0 Å². The minimum absolute atomic E-state index is 0.180. The molecule has 0 radical (unpaired) electrons. The highest BCUT2D eigenvalue weighted by Crippen LogP contribution is 2.28. The molecule has 0 aliphatic carbocycles. The third-order valence-corrected chi connectivity index (χ3v) is 2.64. The van der Waals surface area contributed by atoms with Crippen LogP contribution in [0, 0.1) is 5.92 Å². The van der Waals surface area contributed by atoms with Gasteiger partial charge in [0.2, 0.25) is 0 Å². The van der Waals surface area contributed by atoms with Crippen molar-refractivity contribution in [2.75, 3.05) is 13.6 Å². The summed E-state index contributed by atoms with van der Waals surface area (Å²) in [5.41, 5.74) is 4.92. The zero-order chi connectivity index (χ0) is 14.2. The Labute approximate surface area is 104 Å². The number of carbonyl (C=O) groups excluding carboxylic acids is 3. The molecule has 1 atom stereocenters. The maximum absolute atomic E-state index is 12.6. The first-order valence-electron chi connectivity index (χ1n) is 4.57. The van der Waals surface area contributed by atoms with E-state index in [1.54, 1.807) is 0 Å². The second-order valence-electron chi connectivity index (χ2n) is 3.56. The summed E-state index contributed by atoms with van der Waals surface area (Å²) in [6, 6.07) is -1.13. The quantitative estimate of drug-likeness (QED) is 0.443. The van der Waals surface area contributed by atoms with E-state index in [0.29, 0.717) is 4.90 Å². The largest absolute Gasteiger partial charge is 0.399 e. The van der Waals surface area contributed by atoms with Gasteiger partial charge in [-0.05, 0) is 0 Å². The third kappa shape index (κ3) is 2.42. The summed E-state index contributed by atoms with van der Waals surface area (Å²) < 4.78 is 37.7. The van der Waals surface area contributed by atoms with E-state index >= 15 is 0 Å². The highest BCUT2D eigenvalue weighted by atomic mass is 32.1. The molecule has 0 aromatic heterocycles. The normalized spacial score (nSPS) is 18.6. The van der Waals surface area contributed by atoms with Crippen molar-refractivity contribution in [2.24, 2.45) is 11.7 Å². The fourth-order valence-electron chi connectivity index (χ4n) is 1.31. The highest BCUT2D eigenvalue weighted by Gasteiger charge is 2.49. The summed E-state index contributed by atoms with van der Waals surface area (Å²) in [4.78, 5) is 33.4. The molecule has 1 saturated heterocycles. The van der Waals surface area contributed by atoms with E-state index in [1.807, 2.05) is 0 Å². The van der Waals surface area contributed by atoms with Crippen molar-refractivity contribution in [3.63, 3.8) is 0 Å². The maximum atomic E-state index is 12.6. The lowest BCUT2D eigenvalue weighted by Crippen LogP contribution is -2.45. The van der Waals surface area contributed by atoms with Gasteiger partial charge in [-0.1, -0.05) is 12.2 Å². The number of likely N-dealkylation sites (N-methyl/N-ethyl adjacent to an activating group) is 1. The zero-order valence-corrected chi connectivity index (χ0v) is 9.84. The SMILES string of the molecule is CN1C(=O)C(=O)N(CC(C(N)=S)C(F)(F)F)C1=O. The number of nitrogens with zero attached hydrogens (tertiary/aromatic N) is 2. The van der Waals surface area contributed by atoms with Crippen LogP contribution < -0.4 is 5.73 Å². The predicted octanol–water partition coefficient (Wildman–Crippen LogP) is -0.128. The van der Waals surface area contributed by atoms with Gasteiger partial charge in [-0.2, -0.15) is 13.2 Å². The summed E-state index contributed by atoms with van der Waals surface area (Å²) in [6.45, 7) is -1.09. The molecule has 1 fully saturated rings. The number of hydrogen-bond donors (Lipinski definition) is 1. The Morgan fingerprint density at radius 2 is 1.83 bits per heavy atom. The first kappa shape index (κ1) is 14.4. The van der Waals surface area contributed by atoms with Crippen molar-refractivity contribution < 1.29 is 27.6 Å². The second-order valence-corrected chi connectivity index (χ2v) is 4.03. The van der Waals surface area contributed by atoms with Crippen LogP contribution in [-0.2, 0) is 9.59 Å². The van der Waals surface area contributed by atoms with Crippen molar-refractivity contribution in [3.05, 3.63) is 0 Å². The van der Waals surface area contributed by atoms with Crippen LogP contribution >= 0.6 is 12.2 Å². The molecule has 100 valence electrons. The van der Waals surface area contributed by atoms with Crippen LogP contribution in [0.25, 0.3) is 0 Å². The lowest BCUT2D eigenvalue weighted by molar-refractivity contribution is -0.160. The molecule has 1 aliphatic heterocycles. The van der Waals surface area contributed by atoms with Gasteiger partial charge in [-0.3, -0.25) is 19.4 Å². The van der Waals surface area contributed by atoms with E-state index < -0.39 is 41.5 Å². The summed E-state index contributed by atoms with van der Waals surface area (Å²) in [5, 5.41) is 0. The number of urea groups is 1. The van der Waals surface area contributed by atoms with Crippen LogP contribution in [0.2, 0.25) is 0 Å². The van der Waals surface area contributed by atoms with Crippen LogP contribution in [0.4, 0.5) is 18.0 Å². The summed E-state index contributed by atoms with van der Waals surface area (Å²) in [6.07, 6.45) is -4.80. The minimum atomic E-state index is -4.80. The smallest absolute Gasteiger partial charge is 0.393 e. The van der Waals surface area contributed by atoms with Crippen molar-refractivity contribution >= 4 is 35.1 Å². The molecule has 4 amide bonds. The number of thiocarbonyl (C=S) groups is 1. The molecule has 1 unspecified atom stereocenters. The third-order valence-electron chi connectivity index (χ3n) is 2.35. The first-order valence-corrected chi connectivity index (χ1v) is 4.97. The lowest BCUT2D eigenvalue weighted by Gasteiger charge is -2.22. The summed E-state index contributed by atoms with van der Waals surface area (Å²) >= 11 is 4.25. The Morgan fingerprint density at radius 3 is 2.11 bits per heavy atom. The molecule has 10 heteroatoms. The summed E-state index contributed by atoms with van der Waals surface area (Å²) in [5.74, 6) is -4.85. The molecule has 0 bridgehead atoms. The Bertz CT molecular complexity index is 437. The molecule has 0 aromatic rings.